The maximum absolute atomic E-state index is 2.82. The molecule has 5 heteroatoms. The first kappa shape index (κ1) is 48.6. The maximum Gasteiger partial charge on any atom is 0.179 e. The van der Waals surface area contributed by atoms with E-state index in [4.69, 9.17) is 0 Å². The van der Waals surface area contributed by atoms with Crippen LogP contribution in [0.15, 0.2) is 334 Å². The molecule has 0 spiro atoms. The van der Waals surface area contributed by atoms with Gasteiger partial charge in [-0.1, -0.05) is 261 Å². The number of fused-ring (bicyclic) bond motifs is 9. The number of hydrogen-bond donors (Lipinski definition) is 0. The van der Waals surface area contributed by atoms with Gasteiger partial charge in [-0.3, -0.25) is 0 Å². The molecule has 3 nitrogen and oxygen atoms in total. The summed E-state index contributed by atoms with van der Waals surface area (Å²) < 4.78 is 7.48. The fraction of sp³-hybridized carbons (Fsp3) is 0. The second-order valence-electron chi connectivity index (χ2n) is 21.9. The minimum absolute atomic E-state index is 1.13. The van der Waals surface area contributed by atoms with Gasteiger partial charge in [-0.2, -0.15) is 0 Å². The fourth-order valence-corrected chi connectivity index (χ4v) is 23.8. The second kappa shape index (κ2) is 19.7. The molecule has 83 heavy (non-hydrogen) atoms. The Kier molecular flexibility index (Phi) is 11.6. The molecule has 3 heterocycles. The van der Waals surface area contributed by atoms with Crippen LogP contribution in [-0.4, -0.2) is 29.8 Å². The van der Waals surface area contributed by atoms with Gasteiger partial charge in [0.25, 0.3) is 0 Å². The van der Waals surface area contributed by atoms with E-state index in [1.165, 1.54) is 107 Å². The molecule has 0 bridgehead atoms. The van der Waals surface area contributed by atoms with Crippen molar-refractivity contribution in [2.45, 2.75) is 0 Å². The van der Waals surface area contributed by atoms with E-state index >= 15 is 0 Å². The van der Waals surface area contributed by atoms with Gasteiger partial charge in [-0.05, 0) is 114 Å². The molecular weight excluding hydrogens is 1040 g/mol. The summed E-state index contributed by atoms with van der Waals surface area (Å²) in [6.45, 7) is 0. The van der Waals surface area contributed by atoms with Gasteiger partial charge in [0.2, 0.25) is 0 Å². The summed E-state index contributed by atoms with van der Waals surface area (Å²) in [5, 5.41) is 18.2. The van der Waals surface area contributed by atoms with E-state index in [0.717, 1.165) is 17.1 Å². The molecule has 0 aliphatic carbocycles. The lowest BCUT2D eigenvalue weighted by molar-refractivity contribution is 1.16. The highest BCUT2D eigenvalue weighted by molar-refractivity contribution is 7.20. The topological polar surface area (TPSA) is 14.8 Å². The largest absolute Gasteiger partial charge is 0.309 e. The molecule has 0 N–H and O–H groups in total. The quantitative estimate of drug-likeness (QED) is 0.0906. The first-order chi connectivity index (χ1) is 41.2. The van der Waals surface area contributed by atoms with Crippen LogP contribution in [0.2, 0.25) is 0 Å². The van der Waals surface area contributed by atoms with Gasteiger partial charge < -0.3 is 13.7 Å². The highest BCUT2D eigenvalue weighted by Gasteiger charge is 2.43. The Bertz CT molecular complexity index is 4880. The molecule has 390 valence electrons. The van der Waals surface area contributed by atoms with Gasteiger partial charge in [0.05, 0.1) is 33.1 Å². The molecule has 0 saturated heterocycles. The van der Waals surface area contributed by atoms with Crippen molar-refractivity contribution < 1.29 is 0 Å². The van der Waals surface area contributed by atoms with Gasteiger partial charge in [-0.25, -0.2) is 0 Å². The van der Waals surface area contributed by atoms with E-state index in [1.54, 1.807) is 0 Å². The summed E-state index contributed by atoms with van der Waals surface area (Å²) in [6.07, 6.45) is 0. The Morgan fingerprint density at radius 1 is 0.157 bits per heavy atom. The number of rotatable bonds is 11. The average Bonchev–Trinajstić information content (AvgIpc) is 2.48. The molecular formula is C78H55N3Si2. The SMILES string of the molecule is c1ccc([Si](c2ccccc2)(c2ccccc2)c2cccc(-n3c4ccccc4c4cc(-n5c6ccccc6c6cc(-n7c8ccccc8c8ccc([Si](c9ccccc9)(c9ccccc9)c9ccccc9)cc87)ccc65)ccc43)c2)cc1. The van der Waals surface area contributed by atoms with Crippen LogP contribution in [0.25, 0.3) is 82.5 Å². The first-order valence-electron chi connectivity index (χ1n) is 28.7. The van der Waals surface area contributed by atoms with Crippen molar-refractivity contribution in [3.8, 4) is 17.1 Å². The average molecular weight is 1090 g/mol. The van der Waals surface area contributed by atoms with Gasteiger partial charge in [0.15, 0.2) is 16.1 Å². The predicted octanol–water partition coefficient (Wildman–Crippen LogP) is 13.7. The standard InChI is InChI=1S/C78H55N3Si2/c1-7-27-59(28-8-1)82(60-29-9-2-10-30-60,61-31-11-3-12-32-61)65-39-25-26-56(52-65)79-74-44-23-20-41-68(74)71-53-57(46-50-76(71)79)80-75-45-24-21-42-69(75)72-54-58(47-51-77(72)80)81-73-43-22-19-40-67(73)70-49-48-66(55-78(70)81)83(62-33-13-4-14-34-62,63-35-15-5-16-36-63)64-37-17-6-18-38-64/h1-55H. The molecule has 0 amide bonds. The van der Waals surface area contributed by atoms with Crippen LogP contribution in [0.1, 0.15) is 0 Å². The molecule has 0 radical (unpaired) electrons. The zero-order chi connectivity index (χ0) is 54.9. The molecule has 13 aromatic carbocycles. The molecule has 16 aromatic rings. The van der Waals surface area contributed by atoms with Crippen LogP contribution in [0.4, 0.5) is 0 Å². The van der Waals surface area contributed by atoms with Crippen molar-refractivity contribution in [3.63, 3.8) is 0 Å². The van der Waals surface area contributed by atoms with E-state index < -0.39 is 16.1 Å². The third-order valence-corrected chi connectivity index (χ3v) is 27.3. The number of nitrogens with zero attached hydrogens (tertiary/aromatic N) is 3. The summed E-state index contributed by atoms with van der Waals surface area (Å²) in [5.74, 6) is 0. The van der Waals surface area contributed by atoms with Gasteiger partial charge >= 0.3 is 0 Å². The Labute approximate surface area is 484 Å². The van der Waals surface area contributed by atoms with Crippen molar-refractivity contribution in [3.05, 3.63) is 334 Å². The van der Waals surface area contributed by atoms with Gasteiger partial charge in [0.1, 0.15) is 0 Å². The number of para-hydroxylation sites is 3. The Balaban J connectivity index is 0.873. The lowest BCUT2D eigenvalue weighted by atomic mass is 10.1. The molecule has 16 rings (SSSR count). The summed E-state index contributed by atoms with van der Waals surface area (Å²) in [7, 11) is -5.62. The molecule has 0 aliphatic rings. The Morgan fingerprint density at radius 3 is 0.819 bits per heavy atom. The van der Waals surface area contributed by atoms with Gasteiger partial charge in [0, 0.05) is 49.4 Å². The molecule has 0 saturated carbocycles. The molecule has 0 unspecified atom stereocenters. The summed E-state index contributed by atoms with van der Waals surface area (Å²) in [4.78, 5) is 0. The van der Waals surface area contributed by atoms with Crippen LogP contribution in [0, 0.1) is 0 Å². The van der Waals surface area contributed by atoms with Crippen molar-refractivity contribution in [1.29, 1.82) is 0 Å². The maximum atomic E-state index is 2.53. The van der Waals surface area contributed by atoms with E-state index in [0.29, 0.717) is 0 Å². The summed E-state index contributed by atoms with van der Waals surface area (Å²) in [5.41, 5.74) is 10.5. The van der Waals surface area contributed by atoms with Crippen molar-refractivity contribution >= 4 is 123 Å². The second-order valence-corrected chi connectivity index (χ2v) is 29.6. The van der Waals surface area contributed by atoms with Crippen LogP contribution in [-0.2, 0) is 0 Å². The van der Waals surface area contributed by atoms with Crippen LogP contribution < -0.4 is 41.5 Å². The fourth-order valence-electron chi connectivity index (χ4n) is 14.2. The highest BCUT2D eigenvalue weighted by Crippen LogP contribution is 2.39. The zero-order valence-corrected chi connectivity index (χ0v) is 47.6. The third-order valence-electron chi connectivity index (χ3n) is 17.7. The van der Waals surface area contributed by atoms with Crippen molar-refractivity contribution in [2.24, 2.45) is 0 Å². The minimum Gasteiger partial charge on any atom is -0.309 e. The monoisotopic (exact) mass is 1090 g/mol. The van der Waals surface area contributed by atoms with Crippen LogP contribution >= 0.6 is 0 Å². The molecule has 0 fully saturated rings. The normalized spacial score (nSPS) is 12.1. The Hall–Kier alpha value is -10.3. The number of aromatic nitrogens is 3. The number of hydrogen-bond acceptors (Lipinski definition) is 0. The van der Waals surface area contributed by atoms with E-state index in [-0.39, 0.29) is 0 Å². The molecule has 0 atom stereocenters. The minimum atomic E-state index is -2.82. The third kappa shape index (κ3) is 7.49. The van der Waals surface area contributed by atoms with Crippen molar-refractivity contribution in [2.75, 3.05) is 0 Å². The zero-order valence-electron chi connectivity index (χ0n) is 45.6. The predicted molar refractivity (Wildman–Crippen MR) is 357 cm³/mol. The first-order valence-corrected chi connectivity index (χ1v) is 32.7. The van der Waals surface area contributed by atoms with Gasteiger partial charge in [-0.15, -0.1) is 0 Å². The summed E-state index contributed by atoms with van der Waals surface area (Å²) >= 11 is 0. The summed E-state index contributed by atoms with van der Waals surface area (Å²) in [6, 6.07) is 125. The Morgan fingerprint density at radius 2 is 0.434 bits per heavy atom. The van der Waals surface area contributed by atoms with Crippen LogP contribution in [0.5, 0.6) is 0 Å². The lowest BCUT2D eigenvalue weighted by Gasteiger charge is -2.34. The van der Waals surface area contributed by atoms with E-state index in [9.17, 15) is 0 Å². The molecule has 0 aliphatic heterocycles. The smallest absolute Gasteiger partial charge is 0.179 e. The lowest BCUT2D eigenvalue weighted by Crippen LogP contribution is -2.74. The van der Waals surface area contributed by atoms with E-state index in [2.05, 4.69) is 347 Å². The number of benzene rings is 13. The van der Waals surface area contributed by atoms with Crippen LogP contribution in [0.3, 0.4) is 0 Å². The van der Waals surface area contributed by atoms with Crippen molar-refractivity contribution in [1.82, 2.24) is 13.7 Å². The van der Waals surface area contributed by atoms with E-state index in [1.807, 2.05) is 0 Å². The molecule has 3 aromatic heterocycles. The highest BCUT2D eigenvalue weighted by atomic mass is 28.3.